The van der Waals surface area contributed by atoms with E-state index in [9.17, 15) is 19.7 Å². The van der Waals surface area contributed by atoms with Gasteiger partial charge in [0.25, 0.3) is 0 Å². The molecule has 2 aromatic heterocycles. The first-order chi connectivity index (χ1) is 21.1. The number of aromatic nitrogens is 3. The minimum absolute atomic E-state index is 0.00237. The van der Waals surface area contributed by atoms with Crippen molar-refractivity contribution in [2.24, 2.45) is 0 Å². The molecule has 11 heteroatoms. The zero-order valence-electron chi connectivity index (χ0n) is 25.0. The Morgan fingerprint density at radius 2 is 1.93 bits per heavy atom. The van der Waals surface area contributed by atoms with E-state index in [1.165, 1.54) is 24.4 Å². The molecule has 0 unspecified atom stereocenters. The smallest absolute Gasteiger partial charge is 0.319 e. The summed E-state index contributed by atoms with van der Waals surface area (Å²) in [6, 6.07) is 5.83. The van der Waals surface area contributed by atoms with E-state index in [4.69, 9.17) is 9.72 Å². The molecule has 7 rings (SSSR count). The zero-order valence-corrected chi connectivity index (χ0v) is 25.0. The Balaban J connectivity index is 1.38. The van der Waals surface area contributed by atoms with Gasteiger partial charge >= 0.3 is 6.01 Å². The van der Waals surface area contributed by atoms with Crippen molar-refractivity contribution in [1.82, 2.24) is 19.9 Å². The van der Waals surface area contributed by atoms with Gasteiger partial charge in [0, 0.05) is 31.4 Å². The summed E-state index contributed by atoms with van der Waals surface area (Å²) >= 11 is 0. The molecule has 3 saturated heterocycles. The number of ether oxygens (including phenoxy) is 1. The van der Waals surface area contributed by atoms with Crippen LogP contribution in [0.25, 0.3) is 32.9 Å². The van der Waals surface area contributed by atoms with E-state index in [1.54, 1.807) is 13.0 Å². The maximum Gasteiger partial charge on any atom is 0.319 e. The number of halogens is 2. The van der Waals surface area contributed by atoms with Crippen molar-refractivity contribution in [3.63, 3.8) is 0 Å². The lowest BCUT2D eigenvalue weighted by molar-refractivity contribution is 0.0447. The standard InChI is InChI=1S/C33H37F2N5O4/c1-3-22-25(34)7-6-19-12-20(41)13-23(26(19)22)28-27(35)29-24(15-36-28)30(39-10-4-8-32(2,43)17-39)38-31(37-29)44-18-33-9-5-11-40(33)16-21(42)14-33/h6-7,12-13,15,21,41-43H,3-5,8-11,14,16-18H2,1-2H3/t21-,32-,33+/m1/s1. The lowest BCUT2D eigenvalue weighted by atomic mass is 9.94. The van der Waals surface area contributed by atoms with Crippen LogP contribution in [0.1, 0.15) is 51.5 Å². The second-order valence-electron chi connectivity index (χ2n) is 12.9. The number of β-amino-alcohol motifs (C(OH)–C–C–N with tert-alkyl or cyclic N) is 2. The average molecular weight is 606 g/mol. The van der Waals surface area contributed by atoms with Crippen LogP contribution in [0.15, 0.2) is 30.5 Å². The fraction of sp³-hybridized carbons (Fsp3) is 0.485. The van der Waals surface area contributed by atoms with Crippen LogP contribution in [-0.2, 0) is 6.42 Å². The SMILES string of the molecule is CCc1c(F)ccc2cc(O)cc(-c3ncc4c(N5CCC[C@@](C)(O)C5)nc(OC[C@@]56CCCN5C[C@H](O)C6)nc4c3F)c12. The third kappa shape index (κ3) is 4.91. The molecule has 0 bridgehead atoms. The second kappa shape index (κ2) is 10.7. The maximum atomic E-state index is 16.7. The van der Waals surface area contributed by atoms with Gasteiger partial charge < -0.3 is 25.0 Å². The zero-order chi connectivity index (χ0) is 30.8. The van der Waals surface area contributed by atoms with Gasteiger partial charge in [0.1, 0.15) is 35.2 Å². The lowest BCUT2D eigenvalue weighted by Crippen LogP contribution is -2.46. The van der Waals surface area contributed by atoms with E-state index in [2.05, 4.69) is 14.9 Å². The van der Waals surface area contributed by atoms with Crippen molar-refractivity contribution in [3.8, 4) is 23.0 Å². The van der Waals surface area contributed by atoms with Crippen molar-refractivity contribution in [2.45, 2.75) is 69.6 Å². The number of phenolic OH excluding ortho intramolecular Hbond substituents is 1. The summed E-state index contributed by atoms with van der Waals surface area (Å²) in [5, 5.41) is 33.2. The number of aromatic hydroxyl groups is 1. The number of fused-ring (bicyclic) bond motifs is 3. The van der Waals surface area contributed by atoms with Crippen molar-refractivity contribution in [1.29, 1.82) is 0 Å². The molecule has 3 atom stereocenters. The van der Waals surface area contributed by atoms with Crippen molar-refractivity contribution in [3.05, 3.63) is 47.7 Å². The molecule has 0 saturated carbocycles. The van der Waals surface area contributed by atoms with Gasteiger partial charge in [-0.15, -0.1) is 0 Å². The number of anilines is 1. The van der Waals surface area contributed by atoms with E-state index in [0.29, 0.717) is 66.4 Å². The van der Waals surface area contributed by atoms with Gasteiger partial charge in [0.2, 0.25) is 0 Å². The molecule has 2 aromatic carbocycles. The number of hydrogen-bond donors (Lipinski definition) is 3. The van der Waals surface area contributed by atoms with E-state index < -0.39 is 23.3 Å². The third-order valence-corrected chi connectivity index (χ3v) is 9.64. The van der Waals surface area contributed by atoms with Crippen molar-refractivity contribution < 1.29 is 28.8 Å². The number of aryl methyl sites for hydroxylation is 1. The fourth-order valence-electron chi connectivity index (χ4n) is 7.64. The summed E-state index contributed by atoms with van der Waals surface area (Å²) in [6.45, 7) is 6.22. The highest BCUT2D eigenvalue weighted by Gasteiger charge is 2.48. The molecule has 44 heavy (non-hydrogen) atoms. The Hall–Kier alpha value is -3.67. The van der Waals surface area contributed by atoms with E-state index in [0.717, 1.165) is 25.8 Å². The van der Waals surface area contributed by atoms with Crippen LogP contribution in [0, 0.1) is 11.6 Å². The quantitative estimate of drug-likeness (QED) is 0.287. The van der Waals surface area contributed by atoms with E-state index in [-0.39, 0.29) is 40.7 Å². The van der Waals surface area contributed by atoms with Gasteiger partial charge in [0.05, 0.1) is 22.6 Å². The number of phenols is 1. The number of hydrogen-bond acceptors (Lipinski definition) is 9. The first kappa shape index (κ1) is 29.1. The van der Waals surface area contributed by atoms with E-state index >= 15 is 4.39 Å². The highest BCUT2D eigenvalue weighted by atomic mass is 19.1. The molecular formula is C33H37F2N5O4. The molecule has 0 amide bonds. The highest BCUT2D eigenvalue weighted by molar-refractivity contribution is 6.01. The molecule has 9 nitrogen and oxygen atoms in total. The van der Waals surface area contributed by atoms with Crippen LogP contribution >= 0.6 is 0 Å². The molecule has 0 spiro atoms. The predicted molar refractivity (Wildman–Crippen MR) is 163 cm³/mol. The van der Waals surface area contributed by atoms with Gasteiger partial charge in [-0.05, 0) is 86.5 Å². The van der Waals surface area contributed by atoms with Gasteiger partial charge in [-0.1, -0.05) is 13.0 Å². The molecule has 3 aliphatic rings. The molecule has 3 aliphatic heterocycles. The Kier molecular flexibility index (Phi) is 7.10. The predicted octanol–water partition coefficient (Wildman–Crippen LogP) is 4.72. The molecule has 0 radical (unpaired) electrons. The number of benzene rings is 2. The second-order valence-corrected chi connectivity index (χ2v) is 12.9. The van der Waals surface area contributed by atoms with Crippen LogP contribution in [0.4, 0.5) is 14.6 Å². The van der Waals surface area contributed by atoms with Gasteiger partial charge in [-0.2, -0.15) is 9.97 Å². The Labute approximate surface area is 254 Å². The largest absolute Gasteiger partial charge is 0.508 e. The summed E-state index contributed by atoms with van der Waals surface area (Å²) in [5.41, 5.74) is -0.693. The number of rotatable bonds is 6. The minimum atomic E-state index is -0.952. The van der Waals surface area contributed by atoms with Gasteiger partial charge in [0.15, 0.2) is 5.82 Å². The van der Waals surface area contributed by atoms with E-state index in [1.807, 2.05) is 11.8 Å². The van der Waals surface area contributed by atoms with Crippen LogP contribution in [-0.4, -0.2) is 85.2 Å². The molecule has 232 valence electrons. The number of aliphatic hydroxyl groups is 2. The number of pyridine rings is 1. The third-order valence-electron chi connectivity index (χ3n) is 9.64. The summed E-state index contributed by atoms with van der Waals surface area (Å²) in [5.74, 6) is -0.835. The first-order valence-corrected chi connectivity index (χ1v) is 15.4. The summed E-state index contributed by atoms with van der Waals surface area (Å²) in [4.78, 5) is 17.9. The lowest BCUT2D eigenvalue weighted by Gasteiger charge is -2.38. The van der Waals surface area contributed by atoms with Crippen LogP contribution < -0.4 is 9.64 Å². The van der Waals surface area contributed by atoms with Crippen LogP contribution in [0.3, 0.4) is 0 Å². The molecule has 3 N–H and O–H groups in total. The van der Waals surface area contributed by atoms with Gasteiger partial charge in [-0.3, -0.25) is 9.88 Å². The number of aliphatic hydroxyl groups excluding tert-OH is 1. The fourth-order valence-corrected chi connectivity index (χ4v) is 7.64. The summed E-state index contributed by atoms with van der Waals surface area (Å²) < 4.78 is 37.9. The summed E-state index contributed by atoms with van der Waals surface area (Å²) in [7, 11) is 0. The maximum absolute atomic E-state index is 16.7. The van der Waals surface area contributed by atoms with Crippen LogP contribution in [0.2, 0.25) is 0 Å². The normalized spacial score (nSPS) is 25.7. The Morgan fingerprint density at radius 1 is 1.11 bits per heavy atom. The molecule has 5 heterocycles. The molecule has 3 fully saturated rings. The number of nitrogens with zero attached hydrogens (tertiary/aromatic N) is 5. The van der Waals surface area contributed by atoms with Crippen LogP contribution in [0.5, 0.6) is 11.8 Å². The van der Waals surface area contributed by atoms with Gasteiger partial charge in [-0.25, -0.2) is 8.78 Å². The minimum Gasteiger partial charge on any atom is -0.508 e. The topological polar surface area (TPSA) is 115 Å². The monoisotopic (exact) mass is 605 g/mol. The molecule has 4 aromatic rings. The summed E-state index contributed by atoms with van der Waals surface area (Å²) in [6.07, 6.45) is 5.26. The molecule has 0 aliphatic carbocycles. The van der Waals surface area contributed by atoms with Crippen molar-refractivity contribution in [2.75, 3.05) is 37.7 Å². The van der Waals surface area contributed by atoms with Crippen molar-refractivity contribution >= 4 is 27.5 Å². The first-order valence-electron chi connectivity index (χ1n) is 15.4. The Bertz CT molecular complexity index is 1770. The molecular weight excluding hydrogens is 568 g/mol. The highest BCUT2D eigenvalue weighted by Crippen LogP contribution is 2.41. The number of piperidine rings is 1. The Morgan fingerprint density at radius 3 is 2.73 bits per heavy atom. The average Bonchev–Trinajstić information content (AvgIpc) is 3.51.